The Morgan fingerprint density at radius 1 is 1.41 bits per heavy atom. The Balaban J connectivity index is 1.58. The van der Waals surface area contributed by atoms with E-state index in [-0.39, 0.29) is 12.1 Å². The number of furan rings is 1. The zero-order valence-electron chi connectivity index (χ0n) is 12.3. The van der Waals surface area contributed by atoms with Gasteiger partial charge in [-0.2, -0.15) is 5.10 Å². The summed E-state index contributed by atoms with van der Waals surface area (Å²) in [4.78, 5) is 4.38. The van der Waals surface area contributed by atoms with Crippen LogP contribution in [0.5, 0.6) is 0 Å². The standard InChI is InChI=1S/C16H17ClN4O/c1-10(15-8-11-7-12(17)4-5-14(11)22-15)20-13-3-2-6-21-16(13)18-9-19-21/h4-5,7-10,13,20H,2-3,6H2,1H3/t10-,13-/m0/s1. The van der Waals surface area contributed by atoms with Crippen LogP contribution in [-0.4, -0.2) is 14.8 Å². The molecule has 3 heterocycles. The molecule has 1 aromatic carbocycles. The van der Waals surface area contributed by atoms with Crippen LogP contribution in [0.1, 0.15) is 43.4 Å². The predicted octanol–water partition coefficient (Wildman–Crippen LogP) is 3.86. The van der Waals surface area contributed by atoms with E-state index in [9.17, 15) is 0 Å². The third-order valence-electron chi connectivity index (χ3n) is 4.20. The van der Waals surface area contributed by atoms with Gasteiger partial charge in [-0.1, -0.05) is 11.6 Å². The molecule has 4 rings (SSSR count). The number of nitrogens with zero attached hydrogens (tertiary/aromatic N) is 3. The summed E-state index contributed by atoms with van der Waals surface area (Å²) in [5.74, 6) is 1.92. The fourth-order valence-electron chi connectivity index (χ4n) is 3.08. The molecule has 114 valence electrons. The van der Waals surface area contributed by atoms with Crippen molar-refractivity contribution in [1.82, 2.24) is 20.1 Å². The predicted molar refractivity (Wildman–Crippen MR) is 84.8 cm³/mol. The van der Waals surface area contributed by atoms with Crippen molar-refractivity contribution < 1.29 is 4.42 Å². The van der Waals surface area contributed by atoms with Crippen molar-refractivity contribution >= 4 is 22.6 Å². The smallest absolute Gasteiger partial charge is 0.143 e. The molecule has 0 unspecified atom stereocenters. The van der Waals surface area contributed by atoms with Gasteiger partial charge in [0.25, 0.3) is 0 Å². The van der Waals surface area contributed by atoms with Gasteiger partial charge in [0.2, 0.25) is 0 Å². The van der Waals surface area contributed by atoms with Crippen molar-refractivity contribution in [2.45, 2.75) is 38.4 Å². The fraction of sp³-hybridized carbons (Fsp3) is 0.375. The Kier molecular flexibility index (Phi) is 3.39. The van der Waals surface area contributed by atoms with Gasteiger partial charge in [-0.3, -0.25) is 5.32 Å². The molecule has 0 radical (unpaired) electrons. The summed E-state index contributed by atoms with van der Waals surface area (Å²) in [6.45, 7) is 3.06. The van der Waals surface area contributed by atoms with Crippen LogP contribution in [0.15, 0.2) is 35.0 Å². The molecule has 0 spiro atoms. The third-order valence-corrected chi connectivity index (χ3v) is 4.43. The van der Waals surface area contributed by atoms with E-state index in [4.69, 9.17) is 16.0 Å². The molecule has 0 saturated carbocycles. The highest BCUT2D eigenvalue weighted by Gasteiger charge is 2.25. The summed E-state index contributed by atoms with van der Waals surface area (Å²) in [5, 5.41) is 9.62. The van der Waals surface area contributed by atoms with Crippen molar-refractivity contribution in [2.75, 3.05) is 0 Å². The zero-order valence-corrected chi connectivity index (χ0v) is 13.0. The Morgan fingerprint density at radius 3 is 3.23 bits per heavy atom. The van der Waals surface area contributed by atoms with Gasteiger partial charge in [-0.15, -0.1) is 0 Å². The molecule has 1 aliphatic heterocycles. The van der Waals surface area contributed by atoms with E-state index in [0.717, 1.165) is 47.0 Å². The summed E-state index contributed by atoms with van der Waals surface area (Å²) in [6.07, 6.45) is 3.80. The monoisotopic (exact) mass is 316 g/mol. The van der Waals surface area contributed by atoms with Gasteiger partial charge in [0.1, 0.15) is 23.5 Å². The van der Waals surface area contributed by atoms with Crippen LogP contribution in [0.2, 0.25) is 5.02 Å². The van der Waals surface area contributed by atoms with Crippen molar-refractivity contribution in [3.8, 4) is 0 Å². The average Bonchev–Trinajstić information content (AvgIpc) is 3.13. The van der Waals surface area contributed by atoms with Crippen molar-refractivity contribution in [1.29, 1.82) is 0 Å². The Labute approximate surface area is 133 Å². The quantitative estimate of drug-likeness (QED) is 0.797. The first-order chi connectivity index (χ1) is 10.7. The molecule has 0 aliphatic carbocycles. The van der Waals surface area contributed by atoms with E-state index >= 15 is 0 Å². The highest BCUT2D eigenvalue weighted by molar-refractivity contribution is 6.31. The number of hydrogen-bond donors (Lipinski definition) is 1. The van der Waals surface area contributed by atoms with Crippen molar-refractivity contribution in [3.63, 3.8) is 0 Å². The number of hydrogen-bond acceptors (Lipinski definition) is 4. The van der Waals surface area contributed by atoms with Gasteiger partial charge < -0.3 is 4.42 Å². The number of nitrogens with one attached hydrogen (secondary N) is 1. The average molecular weight is 317 g/mol. The lowest BCUT2D eigenvalue weighted by Gasteiger charge is -2.25. The van der Waals surface area contributed by atoms with E-state index in [1.54, 1.807) is 6.33 Å². The minimum Gasteiger partial charge on any atom is -0.459 e. The zero-order chi connectivity index (χ0) is 15.1. The summed E-state index contributed by atoms with van der Waals surface area (Å²) in [5.41, 5.74) is 0.861. The molecule has 22 heavy (non-hydrogen) atoms. The molecule has 1 aliphatic rings. The first kappa shape index (κ1) is 13.8. The number of aryl methyl sites for hydroxylation is 1. The van der Waals surface area contributed by atoms with Gasteiger partial charge in [0.15, 0.2) is 0 Å². The summed E-state index contributed by atoms with van der Waals surface area (Å²) >= 11 is 6.03. The Hall–Kier alpha value is -1.85. The van der Waals surface area contributed by atoms with Gasteiger partial charge >= 0.3 is 0 Å². The topological polar surface area (TPSA) is 55.9 Å². The molecule has 0 fully saturated rings. The normalized spacial score (nSPS) is 19.3. The highest BCUT2D eigenvalue weighted by atomic mass is 35.5. The summed E-state index contributed by atoms with van der Waals surface area (Å²) in [6, 6.07) is 8.03. The lowest BCUT2D eigenvalue weighted by Crippen LogP contribution is -2.30. The fourth-order valence-corrected chi connectivity index (χ4v) is 3.26. The molecule has 5 nitrogen and oxygen atoms in total. The minimum absolute atomic E-state index is 0.0967. The highest BCUT2D eigenvalue weighted by Crippen LogP contribution is 2.29. The maximum Gasteiger partial charge on any atom is 0.143 e. The summed E-state index contributed by atoms with van der Waals surface area (Å²) in [7, 11) is 0. The van der Waals surface area contributed by atoms with Crippen LogP contribution in [0.3, 0.4) is 0 Å². The molecular formula is C16H17ClN4O. The number of fused-ring (bicyclic) bond motifs is 2. The third kappa shape index (κ3) is 2.40. The second-order valence-electron chi connectivity index (χ2n) is 5.76. The number of aromatic nitrogens is 3. The van der Waals surface area contributed by atoms with E-state index in [1.165, 1.54) is 0 Å². The van der Waals surface area contributed by atoms with E-state index < -0.39 is 0 Å². The second kappa shape index (κ2) is 5.41. The molecule has 2 aromatic heterocycles. The van der Waals surface area contributed by atoms with Crippen LogP contribution in [0.4, 0.5) is 0 Å². The van der Waals surface area contributed by atoms with E-state index in [2.05, 4.69) is 22.3 Å². The SMILES string of the molecule is C[C@H](N[C@H]1CCCn2ncnc21)c1cc2cc(Cl)ccc2o1. The van der Waals surface area contributed by atoms with Crippen LogP contribution in [0.25, 0.3) is 11.0 Å². The molecule has 0 bridgehead atoms. The van der Waals surface area contributed by atoms with Gasteiger partial charge in [-0.25, -0.2) is 9.67 Å². The Bertz CT molecular complexity index is 809. The van der Waals surface area contributed by atoms with Crippen molar-refractivity contribution in [2.24, 2.45) is 0 Å². The number of benzene rings is 1. The summed E-state index contributed by atoms with van der Waals surface area (Å²) < 4.78 is 7.91. The molecule has 1 N–H and O–H groups in total. The van der Waals surface area contributed by atoms with Crippen LogP contribution in [-0.2, 0) is 6.54 Å². The molecule has 6 heteroatoms. The lowest BCUT2D eigenvalue weighted by molar-refractivity contribution is 0.326. The maximum absolute atomic E-state index is 6.03. The van der Waals surface area contributed by atoms with Crippen LogP contribution < -0.4 is 5.32 Å². The van der Waals surface area contributed by atoms with E-state index in [1.807, 2.05) is 28.9 Å². The number of halogens is 1. The van der Waals surface area contributed by atoms with Gasteiger partial charge in [0.05, 0.1) is 12.1 Å². The molecule has 0 saturated heterocycles. The van der Waals surface area contributed by atoms with Crippen molar-refractivity contribution in [3.05, 3.63) is 47.2 Å². The first-order valence-electron chi connectivity index (χ1n) is 7.53. The van der Waals surface area contributed by atoms with Gasteiger partial charge in [-0.05, 0) is 44.0 Å². The second-order valence-corrected chi connectivity index (χ2v) is 6.19. The van der Waals surface area contributed by atoms with E-state index in [0.29, 0.717) is 0 Å². The molecular weight excluding hydrogens is 300 g/mol. The number of rotatable bonds is 3. The van der Waals surface area contributed by atoms with Crippen LogP contribution in [0, 0.1) is 0 Å². The minimum atomic E-state index is 0.0967. The molecule has 2 atom stereocenters. The maximum atomic E-state index is 6.03. The van der Waals surface area contributed by atoms with Crippen LogP contribution >= 0.6 is 11.6 Å². The van der Waals surface area contributed by atoms with Gasteiger partial charge in [0, 0.05) is 17.0 Å². The first-order valence-corrected chi connectivity index (χ1v) is 7.91. The molecule has 3 aromatic rings. The molecule has 0 amide bonds. The largest absolute Gasteiger partial charge is 0.459 e. The Morgan fingerprint density at radius 2 is 2.32 bits per heavy atom. The lowest BCUT2D eigenvalue weighted by atomic mass is 10.1.